The zero-order valence-corrected chi connectivity index (χ0v) is 18.4. The lowest BCUT2D eigenvalue weighted by atomic mass is 9.84. The fourth-order valence-corrected chi connectivity index (χ4v) is 4.85. The number of aliphatic hydroxyl groups excluding tert-OH is 1. The Kier molecular flexibility index (Phi) is 6.34. The molecule has 0 radical (unpaired) electrons. The average molecular weight is 437 g/mol. The van der Waals surface area contributed by atoms with Crippen molar-refractivity contribution in [1.29, 1.82) is 0 Å². The summed E-state index contributed by atoms with van der Waals surface area (Å²) < 4.78 is 0. The van der Waals surface area contributed by atoms with Crippen molar-refractivity contribution < 1.29 is 9.90 Å². The van der Waals surface area contributed by atoms with Crippen LogP contribution in [-0.2, 0) is 13.0 Å². The van der Waals surface area contributed by atoms with E-state index in [1.807, 2.05) is 0 Å². The van der Waals surface area contributed by atoms with E-state index in [4.69, 9.17) is 0 Å². The van der Waals surface area contributed by atoms with Crippen LogP contribution in [-0.4, -0.2) is 81.7 Å². The number of fused-ring (bicyclic) bond motifs is 1. The predicted molar refractivity (Wildman–Crippen MR) is 122 cm³/mol. The number of nitrogens with zero attached hydrogens (tertiary/aromatic N) is 4. The highest BCUT2D eigenvalue weighted by Crippen LogP contribution is 2.30. The summed E-state index contributed by atoms with van der Waals surface area (Å²) in [6, 6.07) is 11.2. The topological polar surface area (TPSA) is 93.6 Å². The molecule has 170 valence electrons. The molecule has 1 saturated carbocycles. The number of β-amino-alcohol motifs (C(OH)–C–C–N with tert-alkyl or cyclic N) is 1. The predicted octanol–water partition coefficient (Wildman–Crippen LogP) is 1.27. The van der Waals surface area contributed by atoms with Gasteiger partial charge in [0.05, 0.1) is 6.10 Å². The largest absolute Gasteiger partial charge is 0.390 e. The zero-order valence-electron chi connectivity index (χ0n) is 18.4. The third kappa shape index (κ3) is 4.92. The van der Waals surface area contributed by atoms with Crippen LogP contribution in [0.5, 0.6) is 0 Å². The number of nitrogens with one attached hydrogen (secondary N) is 2. The number of hydrogen-bond donors (Lipinski definition) is 3. The maximum atomic E-state index is 12.6. The fourth-order valence-electron chi connectivity index (χ4n) is 4.85. The van der Waals surface area contributed by atoms with Gasteiger partial charge in [-0.15, -0.1) is 0 Å². The summed E-state index contributed by atoms with van der Waals surface area (Å²) in [6.07, 6.45) is 5.35. The first kappa shape index (κ1) is 21.3. The van der Waals surface area contributed by atoms with Crippen LogP contribution < -0.4 is 10.6 Å². The maximum Gasteiger partial charge on any atom is 0.270 e. The van der Waals surface area contributed by atoms with Crippen molar-refractivity contribution in [2.24, 2.45) is 0 Å². The normalized spacial score (nSPS) is 24.0. The maximum absolute atomic E-state index is 12.6. The smallest absolute Gasteiger partial charge is 0.270 e. The zero-order chi connectivity index (χ0) is 21.9. The van der Waals surface area contributed by atoms with E-state index in [1.165, 1.54) is 37.0 Å². The summed E-state index contributed by atoms with van der Waals surface area (Å²) in [6.45, 7) is 4.94. The second-order valence-electron chi connectivity index (χ2n) is 9.26. The number of aromatic nitrogens is 2. The second-order valence-corrected chi connectivity index (χ2v) is 9.26. The Morgan fingerprint density at radius 3 is 2.75 bits per heavy atom. The minimum Gasteiger partial charge on any atom is -0.390 e. The molecule has 2 fully saturated rings. The minimum atomic E-state index is -0.628. The molecule has 5 rings (SSSR count). The molecule has 1 aromatic carbocycles. The first-order valence-electron chi connectivity index (χ1n) is 11.7. The minimum absolute atomic E-state index is 0.198. The van der Waals surface area contributed by atoms with Gasteiger partial charge >= 0.3 is 0 Å². The van der Waals surface area contributed by atoms with Crippen molar-refractivity contribution in [3.63, 3.8) is 0 Å². The van der Waals surface area contributed by atoms with Crippen LogP contribution in [0.15, 0.2) is 36.7 Å². The van der Waals surface area contributed by atoms with E-state index in [0.29, 0.717) is 30.1 Å². The molecule has 2 aliphatic heterocycles. The third-order valence-electron chi connectivity index (χ3n) is 6.95. The van der Waals surface area contributed by atoms with Crippen LogP contribution >= 0.6 is 0 Å². The second kappa shape index (κ2) is 9.52. The van der Waals surface area contributed by atoms with Gasteiger partial charge in [-0.05, 0) is 49.9 Å². The molecule has 2 aromatic rings. The van der Waals surface area contributed by atoms with E-state index in [1.54, 1.807) is 6.07 Å². The number of rotatable bonds is 8. The van der Waals surface area contributed by atoms with Crippen molar-refractivity contribution >= 4 is 11.7 Å². The Hall–Kier alpha value is -2.55. The quantitative estimate of drug-likeness (QED) is 0.574. The van der Waals surface area contributed by atoms with Gasteiger partial charge in [0.15, 0.2) is 0 Å². The lowest BCUT2D eigenvalue weighted by Gasteiger charge is -2.47. The SMILES string of the molecule is O=C(NCC(O)CN1CCc2ccccc2C1)c1cc(NC2CC(N3CCC3)C2)ncn1. The van der Waals surface area contributed by atoms with Crippen molar-refractivity contribution in [2.75, 3.05) is 38.0 Å². The molecule has 1 atom stereocenters. The first-order valence-corrected chi connectivity index (χ1v) is 11.7. The summed E-state index contributed by atoms with van der Waals surface area (Å²) >= 11 is 0. The number of aliphatic hydroxyl groups is 1. The summed E-state index contributed by atoms with van der Waals surface area (Å²) in [7, 11) is 0. The molecule has 1 aliphatic carbocycles. The Morgan fingerprint density at radius 2 is 1.97 bits per heavy atom. The summed E-state index contributed by atoms with van der Waals surface area (Å²) in [5.41, 5.74) is 3.02. The van der Waals surface area contributed by atoms with Gasteiger partial charge in [0, 0.05) is 44.3 Å². The summed E-state index contributed by atoms with van der Waals surface area (Å²) in [5, 5.41) is 16.7. The van der Waals surface area contributed by atoms with Crippen molar-refractivity contribution in [1.82, 2.24) is 25.1 Å². The molecule has 3 aliphatic rings. The Labute approximate surface area is 189 Å². The molecular formula is C24H32N6O2. The van der Waals surface area contributed by atoms with Crippen molar-refractivity contribution in [2.45, 2.75) is 50.4 Å². The number of carbonyl (C=O) groups excluding carboxylic acids is 1. The fraction of sp³-hybridized carbons (Fsp3) is 0.542. The number of anilines is 1. The van der Waals surface area contributed by atoms with Crippen LogP contribution in [0.2, 0.25) is 0 Å². The lowest BCUT2D eigenvalue weighted by Crippen LogP contribution is -2.54. The van der Waals surface area contributed by atoms with Crippen LogP contribution in [0.25, 0.3) is 0 Å². The highest BCUT2D eigenvalue weighted by atomic mass is 16.3. The number of hydrogen-bond acceptors (Lipinski definition) is 7. The Balaban J connectivity index is 1.06. The van der Waals surface area contributed by atoms with Gasteiger partial charge in [-0.1, -0.05) is 24.3 Å². The van der Waals surface area contributed by atoms with Crippen molar-refractivity contribution in [3.05, 3.63) is 53.5 Å². The molecule has 1 saturated heterocycles. The first-order chi connectivity index (χ1) is 15.6. The molecule has 3 heterocycles. The molecular weight excluding hydrogens is 404 g/mol. The molecule has 8 heteroatoms. The highest BCUT2D eigenvalue weighted by molar-refractivity contribution is 5.92. The molecule has 32 heavy (non-hydrogen) atoms. The van der Waals surface area contributed by atoms with Gasteiger partial charge in [-0.3, -0.25) is 9.69 Å². The van der Waals surface area contributed by atoms with Crippen LogP contribution in [0.3, 0.4) is 0 Å². The van der Waals surface area contributed by atoms with E-state index < -0.39 is 6.10 Å². The third-order valence-corrected chi connectivity index (χ3v) is 6.95. The van der Waals surface area contributed by atoms with Gasteiger partial charge < -0.3 is 20.6 Å². The van der Waals surface area contributed by atoms with Gasteiger partial charge in [0.2, 0.25) is 0 Å². The average Bonchev–Trinajstić information content (AvgIpc) is 2.75. The number of amides is 1. The van der Waals surface area contributed by atoms with Crippen molar-refractivity contribution in [3.8, 4) is 0 Å². The van der Waals surface area contributed by atoms with Gasteiger partial charge in [-0.2, -0.15) is 0 Å². The van der Waals surface area contributed by atoms with E-state index >= 15 is 0 Å². The summed E-state index contributed by atoms with van der Waals surface area (Å²) in [4.78, 5) is 25.7. The molecule has 0 bridgehead atoms. The molecule has 3 N–H and O–H groups in total. The molecule has 1 aromatic heterocycles. The monoisotopic (exact) mass is 436 g/mol. The molecule has 1 amide bonds. The molecule has 1 unspecified atom stereocenters. The number of carbonyl (C=O) groups is 1. The van der Waals surface area contributed by atoms with E-state index in [-0.39, 0.29) is 12.5 Å². The van der Waals surface area contributed by atoms with E-state index in [0.717, 1.165) is 32.4 Å². The van der Waals surface area contributed by atoms with E-state index in [9.17, 15) is 9.90 Å². The van der Waals surface area contributed by atoms with Crippen LogP contribution in [0.4, 0.5) is 5.82 Å². The summed E-state index contributed by atoms with van der Waals surface area (Å²) in [5.74, 6) is 0.398. The number of likely N-dealkylation sites (tertiary alicyclic amines) is 1. The highest BCUT2D eigenvalue weighted by Gasteiger charge is 2.36. The lowest BCUT2D eigenvalue weighted by molar-refractivity contribution is 0.0602. The standard InChI is InChI=1S/C24H32N6O2/c31-21(15-29-9-6-17-4-1-2-5-18(17)14-29)13-25-24(32)22-12-23(27-16-26-22)28-19-10-20(11-19)30-7-3-8-30/h1-2,4-5,12,16,19-21,31H,3,6-11,13-15H2,(H,25,32)(H,26,27,28). The van der Waals surface area contributed by atoms with Gasteiger partial charge in [0.1, 0.15) is 17.8 Å². The van der Waals surface area contributed by atoms with Gasteiger partial charge in [0.25, 0.3) is 5.91 Å². The van der Waals surface area contributed by atoms with E-state index in [2.05, 4.69) is 54.7 Å². The molecule has 0 spiro atoms. The Morgan fingerprint density at radius 1 is 1.16 bits per heavy atom. The Bertz CT molecular complexity index is 944. The molecule has 8 nitrogen and oxygen atoms in total. The van der Waals surface area contributed by atoms with Crippen LogP contribution in [0, 0.1) is 0 Å². The van der Waals surface area contributed by atoms with Gasteiger partial charge in [-0.25, -0.2) is 9.97 Å². The number of benzene rings is 1. The van der Waals surface area contributed by atoms with Crippen LogP contribution in [0.1, 0.15) is 40.9 Å².